The molecular formula is C32H37F3N6O7. The Hall–Kier alpha value is -5.09. The largest absolute Gasteiger partial charge is 0.490 e. The van der Waals surface area contributed by atoms with Crippen molar-refractivity contribution in [2.75, 3.05) is 31.5 Å². The third kappa shape index (κ3) is 11.6. The van der Waals surface area contributed by atoms with Crippen LogP contribution in [-0.4, -0.2) is 100 Å². The number of carboxylic acids is 2. The van der Waals surface area contributed by atoms with Gasteiger partial charge in [0.25, 0.3) is 0 Å². The summed E-state index contributed by atoms with van der Waals surface area (Å²) >= 11 is 0. The first-order valence-corrected chi connectivity index (χ1v) is 14.9. The molecule has 3 aromatic rings. The van der Waals surface area contributed by atoms with Crippen molar-refractivity contribution >= 4 is 46.0 Å². The van der Waals surface area contributed by atoms with Crippen molar-refractivity contribution in [2.45, 2.75) is 50.6 Å². The van der Waals surface area contributed by atoms with Gasteiger partial charge >= 0.3 is 18.1 Å². The number of rotatable bonds is 14. The van der Waals surface area contributed by atoms with Gasteiger partial charge in [-0.05, 0) is 47.9 Å². The van der Waals surface area contributed by atoms with E-state index in [0.717, 1.165) is 41.4 Å². The van der Waals surface area contributed by atoms with E-state index in [2.05, 4.69) is 26.3 Å². The molecule has 0 aliphatic carbocycles. The Bertz CT molecular complexity index is 1560. The van der Waals surface area contributed by atoms with Crippen molar-refractivity contribution in [1.82, 2.24) is 25.8 Å². The van der Waals surface area contributed by atoms with Crippen molar-refractivity contribution in [1.29, 1.82) is 0 Å². The summed E-state index contributed by atoms with van der Waals surface area (Å²) in [4.78, 5) is 65.0. The summed E-state index contributed by atoms with van der Waals surface area (Å²) in [7, 11) is 0. The Kier molecular flexibility index (Phi) is 13.8. The number of halogens is 3. The highest BCUT2D eigenvalue weighted by Gasteiger charge is 2.38. The first-order chi connectivity index (χ1) is 22.8. The molecule has 3 atom stereocenters. The van der Waals surface area contributed by atoms with Crippen LogP contribution in [0.2, 0.25) is 0 Å². The average molecular weight is 675 g/mol. The highest BCUT2D eigenvalue weighted by Crippen LogP contribution is 2.24. The van der Waals surface area contributed by atoms with Gasteiger partial charge in [-0.3, -0.25) is 24.3 Å². The lowest BCUT2D eigenvalue weighted by Crippen LogP contribution is -2.57. The van der Waals surface area contributed by atoms with Gasteiger partial charge in [0.15, 0.2) is 5.78 Å². The number of alkyl halides is 3. The molecule has 6 N–H and O–H groups in total. The number of aliphatic carboxylic acids is 2. The van der Waals surface area contributed by atoms with E-state index in [9.17, 15) is 37.5 Å². The highest BCUT2D eigenvalue weighted by molar-refractivity contribution is 5.91. The Labute approximate surface area is 273 Å². The Morgan fingerprint density at radius 3 is 2.29 bits per heavy atom. The number of fused-ring (bicyclic) bond motifs is 1. The minimum atomic E-state index is -5.08. The first kappa shape index (κ1) is 37.4. The molecule has 0 bridgehead atoms. The molecule has 4 rings (SSSR count). The summed E-state index contributed by atoms with van der Waals surface area (Å²) in [6.45, 7) is 1.91. The van der Waals surface area contributed by atoms with Crippen molar-refractivity contribution < 1.29 is 47.4 Å². The van der Waals surface area contributed by atoms with Crippen LogP contribution in [-0.2, 0) is 30.5 Å². The summed E-state index contributed by atoms with van der Waals surface area (Å²) in [5, 5.41) is 30.3. The molecule has 1 aliphatic heterocycles. The maximum absolute atomic E-state index is 13.9. The number of nitrogens with zero attached hydrogens (tertiary/aromatic N) is 2. The molecule has 16 heteroatoms. The fourth-order valence-electron chi connectivity index (χ4n) is 5.20. The standard InChI is InChI=1S/C30H36N6O5.C2HF3O2/c1-20(37)33-16-26(30(40)41)35-28(39)19-36(18-22-8-4-7-21-6-2-3-9-24(21)22)29(25-10-5-13-32-25)27(38)17-34-23-11-14-31-15-12-23;3-2(4,5)1(6)7/h2-4,6-9,11-12,14-15,25-26,29,32H,5,10,13,16-19H2,1H3,(H,31,34)(H,33,37)(H,35,39)(H,40,41);(H,6,7)/t25-,26-,29?;/m0./s1. The van der Waals surface area contributed by atoms with Gasteiger partial charge in [0.2, 0.25) is 11.8 Å². The second kappa shape index (κ2) is 17.7. The Morgan fingerprint density at radius 2 is 1.69 bits per heavy atom. The first-order valence-electron chi connectivity index (χ1n) is 14.9. The lowest BCUT2D eigenvalue weighted by atomic mass is 9.97. The number of amides is 2. The smallest absolute Gasteiger partial charge is 0.480 e. The minimum Gasteiger partial charge on any atom is -0.480 e. The molecule has 1 unspecified atom stereocenters. The van der Waals surface area contributed by atoms with E-state index < -0.39 is 42.0 Å². The van der Waals surface area contributed by atoms with E-state index in [0.29, 0.717) is 6.54 Å². The zero-order valence-corrected chi connectivity index (χ0v) is 26.0. The number of carbonyl (C=O) groups excluding carboxylic acids is 3. The van der Waals surface area contributed by atoms with Gasteiger partial charge in [0.1, 0.15) is 6.04 Å². The van der Waals surface area contributed by atoms with E-state index in [1.165, 1.54) is 6.92 Å². The van der Waals surface area contributed by atoms with Gasteiger partial charge in [-0.2, -0.15) is 13.2 Å². The summed E-state index contributed by atoms with van der Waals surface area (Å²) < 4.78 is 31.7. The average Bonchev–Trinajstić information content (AvgIpc) is 3.57. The third-order valence-corrected chi connectivity index (χ3v) is 7.38. The number of ketones is 1. The fraction of sp³-hybridized carbons (Fsp3) is 0.375. The SMILES string of the molecule is CC(=O)NC[C@H](NC(=O)CN(Cc1cccc2ccccc12)C(C(=O)CNc1ccncc1)[C@@H]1CCCN1)C(=O)O.O=C(O)C(F)(F)F. The van der Waals surface area contributed by atoms with E-state index in [1.54, 1.807) is 24.5 Å². The lowest BCUT2D eigenvalue weighted by molar-refractivity contribution is -0.192. The number of anilines is 1. The fourth-order valence-corrected chi connectivity index (χ4v) is 5.20. The van der Waals surface area contributed by atoms with Crippen LogP contribution >= 0.6 is 0 Å². The van der Waals surface area contributed by atoms with Crippen molar-refractivity contribution in [3.05, 3.63) is 72.6 Å². The molecule has 2 aromatic carbocycles. The zero-order valence-electron chi connectivity index (χ0n) is 26.0. The van der Waals surface area contributed by atoms with Gasteiger partial charge in [-0.15, -0.1) is 0 Å². The van der Waals surface area contributed by atoms with Crippen molar-refractivity contribution in [2.24, 2.45) is 0 Å². The number of carbonyl (C=O) groups is 5. The normalized spacial score (nSPS) is 15.5. The molecule has 0 radical (unpaired) electrons. The Morgan fingerprint density at radius 1 is 1.02 bits per heavy atom. The van der Waals surface area contributed by atoms with Crippen molar-refractivity contribution in [3.8, 4) is 0 Å². The minimum absolute atomic E-state index is 0.0425. The van der Waals surface area contributed by atoms with Gasteiger partial charge in [0.05, 0.1) is 19.1 Å². The van der Waals surface area contributed by atoms with E-state index in [1.807, 2.05) is 47.4 Å². The van der Waals surface area contributed by atoms with Crippen LogP contribution in [0.15, 0.2) is 67.0 Å². The molecule has 13 nitrogen and oxygen atoms in total. The van der Waals surface area contributed by atoms with E-state index >= 15 is 0 Å². The van der Waals surface area contributed by atoms with Crippen LogP contribution < -0.4 is 21.3 Å². The zero-order chi connectivity index (χ0) is 35.3. The molecule has 1 aromatic heterocycles. The molecule has 0 spiro atoms. The number of nitrogens with one attached hydrogen (secondary N) is 4. The molecule has 48 heavy (non-hydrogen) atoms. The second-order valence-electron chi connectivity index (χ2n) is 10.9. The van der Waals surface area contributed by atoms with Gasteiger partial charge in [-0.25, -0.2) is 9.59 Å². The summed E-state index contributed by atoms with van der Waals surface area (Å²) in [5.74, 6) is -5.07. The van der Waals surface area contributed by atoms with Crippen LogP contribution in [0.1, 0.15) is 25.3 Å². The quantitative estimate of drug-likeness (QED) is 0.147. The summed E-state index contributed by atoms with van der Waals surface area (Å²) in [6, 6.07) is 15.3. The topological polar surface area (TPSA) is 190 Å². The predicted molar refractivity (Wildman–Crippen MR) is 169 cm³/mol. The lowest BCUT2D eigenvalue weighted by Gasteiger charge is -2.35. The number of hydrogen-bond acceptors (Lipinski definition) is 9. The van der Waals surface area contributed by atoms with Crippen LogP contribution in [0.5, 0.6) is 0 Å². The van der Waals surface area contributed by atoms with Gasteiger partial charge < -0.3 is 31.5 Å². The molecule has 2 amide bonds. The number of carboxylic acid groups (broad SMARTS) is 2. The Balaban J connectivity index is 0.000000804. The summed E-state index contributed by atoms with van der Waals surface area (Å²) in [5.41, 5.74) is 1.70. The number of benzene rings is 2. The van der Waals surface area contributed by atoms with Gasteiger partial charge in [-0.1, -0.05) is 42.5 Å². The third-order valence-electron chi connectivity index (χ3n) is 7.38. The van der Waals surface area contributed by atoms with Crippen LogP contribution in [0.3, 0.4) is 0 Å². The monoisotopic (exact) mass is 674 g/mol. The van der Waals surface area contributed by atoms with E-state index in [-0.39, 0.29) is 31.5 Å². The number of Topliss-reactive ketones (excluding diaryl/α,β-unsaturated/α-hetero) is 1. The highest BCUT2D eigenvalue weighted by atomic mass is 19.4. The maximum atomic E-state index is 13.9. The number of aromatic nitrogens is 1. The van der Waals surface area contributed by atoms with Crippen LogP contribution in [0.4, 0.5) is 18.9 Å². The number of pyridine rings is 1. The second-order valence-corrected chi connectivity index (χ2v) is 10.9. The molecule has 0 saturated carbocycles. The molecule has 258 valence electrons. The molecule has 2 heterocycles. The van der Waals surface area contributed by atoms with Crippen LogP contribution in [0.25, 0.3) is 10.8 Å². The summed E-state index contributed by atoms with van der Waals surface area (Å²) in [6.07, 6.45) is -0.141. The van der Waals surface area contributed by atoms with Crippen molar-refractivity contribution in [3.63, 3.8) is 0 Å². The van der Waals surface area contributed by atoms with E-state index in [4.69, 9.17) is 9.90 Å². The van der Waals surface area contributed by atoms with Crippen LogP contribution in [0, 0.1) is 0 Å². The molecule has 1 aliphatic rings. The molecule has 1 saturated heterocycles. The number of hydrogen-bond donors (Lipinski definition) is 6. The molecular weight excluding hydrogens is 637 g/mol. The maximum Gasteiger partial charge on any atom is 0.490 e. The van der Waals surface area contributed by atoms with Gasteiger partial charge in [0, 0.05) is 44.1 Å². The predicted octanol–water partition coefficient (Wildman–Crippen LogP) is 2.18. The molecule has 1 fully saturated rings.